The lowest BCUT2D eigenvalue weighted by Gasteiger charge is -2.24. The molecular weight excluding hydrogens is 484 g/mol. The SMILES string of the molecule is CN=C(NCC(=O)NC1CCCCC1)N(C)Cc1ccc(C(F)(F)F)cc1.I. The van der Waals surface area contributed by atoms with Gasteiger partial charge < -0.3 is 15.5 Å². The highest BCUT2D eigenvalue weighted by molar-refractivity contribution is 14.0. The van der Waals surface area contributed by atoms with E-state index in [1.165, 1.54) is 18.6 Å². The summed E-state index contributed by atoms with van der Waals surface area (Å²) >= 11 is 0. The molecule has 0 bridgehead atoms. The highest BCUT2D eigenvalue weighted by Crippen LogP contribution is 2.29. The van der Waals surface area contributed by atoms with Crippen molar-refractivity contribution in [2.75, 3.05) is 20.6 Å². The Morgan fingerprint density at radius 3 is 2.32 bits per heavy atom. The highest BCUT2D eigenvalue weighted by atomic mass is 127. The van der Waals surface area contributed by atoms with Crippen molar-refractivity contribution in [2.24, 2.45) is 4.99 Å². The van der Waals surface area contributed by atoms with Crippen molar-refractivity contribution >= 4 is 35.8 Å². The molecule has 1 aliphatic carbocycles. The van der Waals surface area contributed by atoms with Crippen LogP contribution in [-0.2, 0) is 17.5 Å². The van der Waals surface area contributed by atoms with Gasteiger partial charge in [-0.1, -0.05) is 31.4 Å². The van der Waals surface area contributed by atoms with Gasteiger partial charge in [0.05, 0.1) is 12.1 Å². The van der Waals surface area contributed by atoms with E-state index in [0.29, 0.717) is 12.5 Å². The maximum absolute atomic E-state index is 12.6. The molecule has 1 aromatic carbocycles. The molecule has 1 aliphatic rings. The smallest absolute Gasteiger partial charge is 0.352 e. The number of carbonyl (C=O) groups excluding carboxylic acids is 1. The molecule has 5 nitrogen and oxygen atoms in total. The molecule has 1 amide bonds. The van der Waals surface area contributed by atoms with Gasteiger partial charge in [-0.15, -0.1) is 24.0 Å². The van der Waals surface area contributed by atoms with Crippen LogP contribution in [0.1, 0.15) is 43.2 Å². The lowest BCUT2D eigenvalue weighted by molar-refractivity contribution is -0.137. The second-order valence-corrected chi connectivity index (χ2v) is 6.85. The molecule has 158 valence electrons. The Morgan fingerprint density at radius 1 is 1.18 bits per heavy atom. The fourth-order valence-electron chi connectivity index (χ4n) is 3.22. The van der Waals surface area contributed by atoms with Gasteiger partial charge in [-0.05, 0) is 30.5 Å². The van der Waals surface area contributed by atoms with Crippen LogP contribution in [0.5, 0.6) is 0 Å². The first kappa shape index (κ1) is 24.5. The Balaban J connectivity index is 0.00000392. The summed E-state index contributed by atoms with van der Waals surface area (Å²) in [5.41, 5.74) is 0.0518. The lowest BCUT2D eigenvalue weighted by atomic mass is 9.95. The maximum atomic E-state index is 12.6. The first-order chi connectivity index (χ1) is 12.8. The first-order valence-electron chi connectivity index (χ1n) is 9.17. The Labute approximate surface area is 181 Å². The molecule has 0 aliphatic heterocycles. The minimum absolute atomic E-state index is 0. The van der Waals surface area contributed by atoms with Gasteiger partial charge in [-0.3, -0.25) is 9.79 Å². The van der Waals surface area contributed by atoms with E-state index in [0.717, 1.165) is 43.4 Å². The predicted octanol–water partition coefficient (Wildman–Crippen LogP) is 3.78. The van der Waals surface area contributed by atoms with Crippen LogP contribution >= 0.6 is 24.0 Å². The summed E-state index contributed by atoms with van der Waals surface area (Å²) in [5.74, 6) is 0.430. The Hall–Kier alpha value is -1.52. The third kappa shape index (κ3) is 7.84. The minimum atomic E-state index is -4.34. The fourth-order valence-corrected chi connectivity index (χ4v) is 3.22. The molecule has 0 aromatic heterocycles. The van der Waals surface area contributed by atoms with Crippen LogP contribution in [0.2, 0.25) is 0 Å². The van der Waals surface area contributed by atoms with Gasteiger partial charge in [0.25, 0.3) is 0 Å². The lowest BCUT2D eigenvalue weighted by Crippen LogP contribution is -2.46. The number of halogens is 4. The van der Waals surface area contributed by atoms with Crippen molar-refractivity contribution in [1.29, 1.82) is 0 Å². The molecule has 9 heteroatoms. The number of nitrogens with one attached hydrogen (secondary N) is 2. The van der Waals surface area contributed by atoms with Crippen LogP contribution in [0.15, 0.2) is 29.3 Å². The summed E-state index contributed by atoms with van der Waals surface area (Å²) < 4.78 is 37.9. The molecule has 0 heterocycles. The van der Waals surface area contributed by atoms with E-state index < -0.39 is 11.7 Å². The molecule has 28 heavy (non-hydrogen) atoms. The van der Waals surface area contributed by atoms with Crippen LogP contribution in [0.3, 0.4) is 0 Å². The molecular formula is C19H28F3IN4O. The number of amides is 1. The number of benzene rings is 1. The normalized spacial score (nSPS) is 15.5. The average molecular weight is 512 g/mol. The minimum Gasteiger partial charge on any atom is -0.352 e. The molecule has 1 fully saturated rings. The Kier molecular flexibility index (Phi) is 10.0. The topological polar surface area (TPSA) is 56.7 Å². The predicted molar refractivity (Wildman–Crippen MR) is 115 cm³/mol. The van der Waals surface area contributed by atoms with Gasteiger partial charge in [-0.25, -0.2) is 0 Å². The molecule has 1 aromatic rings. The van der Waals surface area contributed by atoms with E-state index in [4.69, 9.17) is 0 Å². The summed E-state index contributed by atoms with van der Waals surface area (Å²) in [6.07, 6.45) is 1.23. The Morgan fingerprint density at radius 2 is 1.79 bits per heavy atom. The number of guanidine groups is 1. The molecule has 0 radical (unpaired) electrons. The summed E-state index contributed by atoms with van der Waals surface area (Å²) in [6.45, 7) is 0.489. The molecule has 2 N–H and O–H groups in total. The largest absolute Gasteiger partial charge is 0.416 e. The van der Waals surface area contributed by atoms with Gasteiger partial charge in [0.1, 0.15) is 0 Å². The second-order valence-electron chi connectivity index (χ2n) is 6.85. The standard InChI is InChI=1S/C19H27F3N4O.HI/c1-23-18(24-12-17(27)25-16-6-4-3-5-7-16)26(2)13-14-8-10-15(11-9-14)19(20,21)22;/h8-11,16H,3-7,12-13H2,1-2H3,(H,23,24)(H,25,27);1H. The summed E-state index contributed by atoms with van der Waals surface area (Å²) in [7, 11) is 3.37. The van der Waals surface area contributed by atoms with Crippen molar-refractivity contribution in [2.45, 2.75) is 50.9 Å². The van der Waals surface area contributed by atoms with Crippen LogP contribution in [-0.4, -0.2) is 43.4 Å². The highest BCUT2D eigenvalue weighted by Gasteiger charge is 2.30. The summed E-state index contributed by atoms with van der Waals surface area (Å²) in [4.78, 5) is 18.0. The Bertz CT molecular complexity index is 644. The zero-order valence-electron chi connectivity index (χ0n) is 16.2. The number of carbonyl (C=O) groups is 1. The van der Waals surface area contributed by atoms with Crippen molar-refractivity contribution in [3.63, 3.8) is 0 Å². The third-order valence-corrected chi connectivity index (χ3v) is 4.65. The van der Waals surface area contributed by atoms with Crippen LogP contribution in [0.4, 0.5) is 13.2 Å². The maximum Gasteiger partial charge on any atom is 0.416 e. The van der Waals surface area contributed by atoms with Crippen molar-refractivity contribution in [3.05, 3.63) is 35.4 Å². The van der Waals surface area contributed by atoms with Crippen molar-refractivity contribution in [1.82, 2.24) is 15.5 Å². The monoisotopic (exact) mass is 512 g/mol. The number of aliphatic imine (C=N–C) groups is 1. The van der Waals surface area contributed by atoms with E-state index in [9.17, 15) is 18.0 Å². The molecule has 0 spiro atoms. The zero-order valence-corrected chi connectivity index (χ0v) is 18.5. The van der Waals surface area contributed by atoms with Gasteiger partial charge in [0.2, 0.25) is 5.91 Å². The zero-order chi connectivity index (χ0) is 19.9. The number of alkyl halides is 3. The quantitative estimate of drug-likeness (QED) is 0.359. The van der Waals surface area contributed by atoms with Crippen LogP contribution < -0.4 is 10.6 Å². The van der Waals surface area contributed by atoms with Crippen LogP contribution in [0, 0.1) is 0 Å². The van der Waals surface area contributed by atoms with E-state index >= 15 is 0 Å². The molecule has 0 saturated heterocycles. The number of rotatable bonds is 5. The fraction of sp³-hybridized carbons (Fsp3) is 0.579. The summed E-state index contributed by atoms with van der Waals surface area (Å²) in [5, 5.41) is 6.02. The number of hydrogen-bond acceptors (Lipinski definition) is 2. The van der Waals surface area contributed by atoms with Gasteiger partial charge in [-0.2, -0.15) is 13.2 Å². The van der Waals surface area contributed by atoms with E-state index in [2.05, 4.69) is 15.6 Å². The van der Waals surface area contributed by atoms with E-state index in [1.807, 2.05) is 0 Å². The summed E-state index contributed by atoms with van der Waals surface area (Å²) in [6, 6.07) is 5.28. The molecule has 0 unspecified atom stereocenters. The molecule has 2 rings (SSSR count). The number of hydrogen-bond donors (Lipinski definition) is 2. The van der Waals surface area contributed by atoms with Gasteiger partial charge in [0.15, 0.2) is 5.96 Å². The van der Waals surface area contributed by atoms with E-state index in [1.54, 1.807) is 19.0 Å². The average Bonchev–Trinajstić information content (AvgIpc) is 2.62. The van der Waals surface area contributed by atoms with Gasteiger partial charge in [0, 0.05) is 26.7 Å². The van der Waals surface area contributed by atoms with E-state index in [-0.39, 0.29) is 42.5 Å². The molecule has 1 saturated carbocycles. The second kappa shape index (κ2) is 11.5. The molecule has 0 atom stereocenters. The third-order valence-electron chi connectivity index (χ3n) is 4.65. The van der Waals surface area contributed by atoms with Gasteiger partial charge >= 0.3 is 6.18 Å². The first-order valence-corrected chi connectivity index (χ1v) is 9.17. The van der Waals surface area contributed by atoms with Crippen LogP contribution in [0.25, 0.3) is 0 Å². The number of nitrogens with zero attached hydrogens (tertiary/aromatic N) is 2. The van der Waals surface area contributed by atoms with Crippen molar-refractivity contribution < 1.29 is 18.0 Å². The van der Waals surface area contributed by atoms with Crippen molar-refractivity contribution in [3.8, 4) is 0 Å².